The van der Waals surface area contributed by atoms with E-state index >= 15 is 0 Å². The highest BCUT2D eigenvalue weighted by Crippen LogP contribution is 2.54. The van der Waals surface area contributed by atoms with Crippen LogP contribution in [0.25, 0.3) is 0 Å². The van der Waals surface area contributed by atoms with E-state index in [9.17, 15) is 17.6 Å². The van der Waals surface area contributed by atoms with Crippen LogP contribution in [0.15, 0.2) is 35.2 Å². The fraction of sp³-hybridized carbons (Fsp3) is 0.409. The third-order valence-electron chi connectivity index (χ3n) is 6.36. The molecule has 33 heavy (non-hydrogen) atoms. The molecule has 0 radical (unpaired) electrons. The van der Waals surface area contributed by atoms with E-state index in [0.717, 1.165) is 25.1 Å². The fourth-order valence-electron chi connectivity index (χ4n) is 4.49. The highest BCUT2D eigenvalue weighted by molar-refractivity contribution is 7.92. The number of sulfonamides is 1. The summed E-state index contributed by atoms with van der Waals surface area (Å²) in [5, 5.41) is 6.22. The van der Waals surface area contributed by atoms with Gasteiger partial charge in [-0.25, -0.2) is 12.8 Å². The number of nitrogens with one attached hydrogen (secondary N) is 3. The standard InChI is InChI=1S/C22H23ClFN3O5S/c23-13-2-3-19(17(24)8-13)33(29,30)27-14-9-16-20(26-21(28)22(16)4-1-5-22)18(10-14)32-12-15-11-25-6-7-31-15/h2-3,8-10,15,25,27H,1,4-7,11-12H2,(H,26,28). The highest BCUT2D eigenvalue weighted by Gasteiger charge is 2.52. The second-order valence-corrected chi connectivity index (χ2v) is 10.6. The van der Waals surface area contributed by atoms with Crippen LogP contribution < -0.4 is 20.1 Å². The number of anilines is 2. The lowest BCUT2D eigenvalue weighted by atomic mass is 9.65. The number of rotatable bonds is 6. The maximum Gasteiger partial charge on any atom is 0.264 e. The van der Waals surface area contributed by atoms with Crippen LogP contribution >= 0.6 is 11.6 Å². The number of ether oxygens (including phenoxy) is 2. The molecule has 11 heteroatoms. The highest BCUT2D eigenvalue weighted by atomic mass is 35.5. The van der Waals surface area contributed by atoms with Crippen molar-refractivity contribution in [1.29, 1.82) is 0 Å². The molecule has 1 saturated heterocycles. The van der Waals surface area contributed by atoms with Crippen molar-refractivity contribution in [2.75, 3.05) is 36.3 Å². The van der Waals surface area contributed by atoms with Crippen molar-refractivity contribution < 1.29 is 27.1 Å². The van der Waals surface area contributed by atoms with Crippen molar-refractivity contribution in [1.82, 2.24) is 5.32 Å². The Morgan fingerprint density at radius 3 is 2.76 bits per heavy atom. The van der Waals surface area contributed by atoms with Gasteiger partial charge >= 0.3 is 0 Å². The first kappa shape index (κ1) is 22.4. The predicted molar refractivity (Wildman–Crippen MR) is 121 cm³/mol. The lowest BCUT2D eigenvalue weighted by Crippen LogP contribution is -2.41. The number of amides is 1. The number of hydrogen-bond donors (Lipinski definition) is 3. The van der Waals surface area contributed by atoms with Crippen LogP contribution in [0, 0.1) is 5.82 Å². The van der Waals surface area contributed by atoms with Gasteiger partial charge in [-0.05, 0) is 42.7 Å². The van der Waals surface area contributed by atoms with E-state index in [0.29, 0.717) is 43.0 Å². The van der Waals surface area contributed by atoms with Crippen molar-refractivity contribution in [3.8, 4) is 5.75 Å². The summed E-state index contributed by atoms with van der Waals surface area (Å²) in [6, 6.07) is 6.48. The van der Waals surface area contributed by atoms with E-state index < -0.39 is 26.2 Å². The minimum atomic E-state index is -4.25. The van der Waals surface area contributed by atoms with Gasteiger partial charge in [-0.2, -0.15) is 0 Å². The lowest BCUT2D eigenvalue weighted by molar-refractivity contribution is -0.123. The SMILES string of the molecule is O=C1Nc2c(OCC3CNCCO3)cc(NS(=O)(=O)c3ccc(Cl)cc3F)cc2C12CCC2. The molecule has 3 aliphatic rings. The van der Waals surface area contributed by atoms with Crippen LogP contribution in [0.4, 0.5) is 15.8 Å². The van der Waals surface area contributed by atoms with Gasteiger partial charge in [0.2, 0.25) is 5.91 Å². The first-order valence-electron chi connectivity index (χ1n) is 10.7. The van der Waals surface area contributed by atoms with E-state index in [-0.39, 0.29) is 29.3 Å². The molecule has 2 aromatic rings. The summed E-state index contributed by atoms with van der Waals surface area (Å²) in [7, 11) is -4.25. The molecule has 2 fully saturated rings. The molecule has 176 valence electrons. The number of hydrogen-bond acceptors (Lipinski definition) is 6. The quantitative estimate of drug-likeness (QED) is 0.569. The number of carbonyl (C=O) groups is 1. The molecule has 2 aliphatic heterocycles. The van der Waals surface area contributed by atoms with Gasteiger partial charge in [0.05, 0.1) is 23.4 Å². The van der Waals surface area contributed by atoms with Gasteiger partial charge in [0.25, 0.3) is 10.0 Å². The molecule has 0 aromatic heterocycles. The van der Waals surface area contributed by atoms with Crippen molar-refractivity contribution >= 4 is 38.9 Å². The molecule has 1 unspecified atom stereocenters. The number of halogens is 2. The largest absolute Gasteiger partial charge is 0.489 e. The van der Waals surface area contributed by atoms with Gasteiger partial charge in [-0.1, -0.05) is 18.0 Å². The zero-order valence-corrected chi connectivity index (χ0v) is 19.2. The topological polar surface area (TPSA) is 106 Å². The zero-order valence-electron chi connectivity index (χ0n) is 17.6. The third kappa shape index (κ3) is 4.05. The summed E-state index contributed by atoms with van der Waals surface area (Å²) < 4.78 is 54.2. The van der Waals surface area contributed by atoms with Crippen LogP contribution in [0.2, 0.25) is 5.02 Å². The molecule has 0 bridgehead atoms. The van der Waals surface area contributed by atoms with Gasteiger partial charge in [0.1, 0.15) is 29.2 Å². The van der Waals surface area contributed by atoms with Crippen LogP contribution in [-0.2, 0) is 25.0 Å². The Morgan fingerprint density at radius 2 is 2.09 bits per heavy atom. The summed E-state index contributed by atoms with van der Waals surface area (Å²) in [5.74, 6) is -0.733. The van der Waals surface area contributed by atoms with Gasteiger partial charge in [-0.3, -0.25) is 9.52 Å². The lowest BCUT2D eigenvalue weighted by Gasteiger charge is -2.36. The van der Waals surface area contributed by atoms with Crippen LogP contribution in [0.3, 0.4) is 0 Å². The summed E-state index contributed by atoms with van der Waals surface area (Å²) in [5.41, 5.74) is 0.726. The van der Waals surface area contributed by atoms with Crippen molar-refractivity contribution in [2.45, 2.75) is 35.7 Å². The van der Waals surface area contributed by atoms with Crippen molar-refractivity contribution in [3.05, 3.63) is 46.7 Å². The van der Waals surface area contributed by atoms with Crippen LogP contribution in [0.1, 0.15) is 24.8 Å². The monoisotopic (exact) mass is 495 g/mol. The maximum absolute atomic E-state index is 14.3. The molecule has 1 amide bonds. The molecular weight excluding hydrogens is 473 g/mol. The minimum absolute atomic E-state index is 0.0931. The molecule has 1 saturated carbocycles. The molecular formula is C22H23ClFN3O5S. The summed E-state index contributed by atoms with van der Waals surface area (Å²) in [6.45, 7) is 2.19. The Hall–Kier alpha value is -2.40. The Bertz CT molecular complexity index is 1210. The Morgan fingerprint density at radius 1 is 1.27 bits per heavy atom. The van der Waals surface area contributed by atoms with E-state index in [2.05, 4.69) is 15.4 Å². The average molecular weight is 496 g/mol. The minimum Gasteiger partial charge on any atom is -0.489 e. The Kier molecular flexibility index (Phi) is 5.72. The molecule has 1 atom stereocenters. The second-order valence-electron chi connectivity index (χ2n) is 8.47. The first-order chi connectivity index (χ1) is 15.8. The van der Waals surface area contributed by atoms with Crippen LogP contribution in [-0.4, -0.2) is 46.7 Å². The predicted octanol–water partition coefficient (Wildman–Crippen LogP) is 3.02. The maximum atomic E-state index is 14.3. The Balaban J connectivity index is 1.49. The molecule has 2 aromatic carbocycles. The van der Waals surface area contributed by atoms with Crippen molar-refractivity contribution in [3.63, 3.8) is 0 Å². The number of morpholine rings is 1. The van der Waals surface area contributed by atoms with E-state index in [1.165, 1.54) is 12.1 Å². The van der Waals surface area contributed by atoms with E-state index in [4.69, 9.17) is 21.1 Å². The molecule has 1 aliphatic carbocycles. The fourth-order valence-corrected chi connectivity index (χ4v) is 5.75. The Labute approximate surface area is 195 Å². The van der Waals surface area contributed by atoms with E-state index in [1.54, 1.807) is 6.07 Å². The van der Waals surface area contributed by atoms with Crippen molar-refractivity contribution in [2.24, 2.45) is 0 Å². The van der Waals surface area contributed by atoms with Gasteiger partial charge < -0.3 is 20.1 Å². The summed E-state index contributed by atoms with van der Waals surface area (Å²) in [4.78, 5) is 12.3. The zero-order chi connectivity index (χ0) is 23.2. The van der Waals surface area contributed by atoms with Crippen LogP contribution in [0.5, 0.6) is 5.75 Å². The smallest absolute Gasteiger partial charge is 0.264 e. The number of fused-ring (bicyclic) bond motifs is 2. The molecule has 5 rings (SSSR count). The normalized spacial score (nSPS) is 21.3. The molecule has 3 N–H and O–H groups in total. The second kappa shape index (κ2) is 8.43. The van der Waals surface area contributed by atoms with E-state index in [1.807, 2.05) is 0 Å². The number of benzene rings is 2. The number of carbonyl (C=O) groups excluding carboxylic acids is 1. The van der Waals surface area contributed by atoms with Gasteiger partial charge in [0, 0.05) is 24.2 Å². The summed E-state index contributed by atoms with van der Waals surface area (Å²) >= 11 is 5.75. The van der Waals surface area contributed by atoms with Gasteiger partial charge in [0.15, 0.2) is 0 Å². The average Bonchev–Trinajstić information content (AvgIpc) is 3.04. The molecule has 8 nitrogen and oxygen atoms in total. The van der Waals surface area contributed by atoms with Gasteiger partial charge in [-0.15, -0.1) is 0 Å². The first-order valence-corrected chi connectivity index (χ1v) is 12.6. The summed E-state index contributed by atoms with van der Waals surface area (Å²) in [6.07, 6.45) is 2.07. The molecule has 2 heterocycles. The molecule has 1 spiro atoms. The third-order valence-corrected chi connectivity index (χ3v) is 8.01.